The van der Waals surface area contributed by atoms with Gasteiger partial charge in [0.2, 0.25) is 6.08 Å². The van der Waals surface area contributed by atoms with Crippen LogP contribution >= 0.6 is 0 Å². The van der Waals surface area contributed by atoms with Crippen LogP contribution in [0.1, 0.15) is 0 Å². The molecule has 0 saturated carbocycles. The van der Waals surface area contributed by atoms with Crippen molar-refractivity contribution < 1.29 is 14.6 Å². The summed E-state index contributed by atoms with van der Waals surface area (Å²) < 4.78 is 0. The normalized spacial score (nSPS) is 9.07. The lowest BCUT2D eigenvalue weighted by molar-refractivity contribution is -0.394. The molecule has 0 radical (unpaired) electrons. The van der Waals surface area contributed by atoms with E-state index in [1.165, 1.54) is 0 Å². The van der Waals surface area contributed by atoms with Crippen molar-refractivity contribution in [3.63, 3.8) is 0 Å². The van der Waals surface area contributed by atoms with Crippen molar-refractivity contribution in [2.75, 3.05) is 0 Å². The molecule has 0 heterocycles. The third kappa shape index (κ3) is 2.42. The molecular formula is C7H3N3O5. The SMILES string of the molecule is O=C=Nc1cc([N+](=O)[O-])cc([N+](=O)[O-])c1. The third-order valence-corrected chi connectivity index (χ3v) is 1.48. The van der Waals surface area contributed by atoms with Gasteiger partial charge >= 0.3 is 0 Å². The van der Waals surface area contributed by atoms with Crippen LogP contribution in [0, 0.1) is 20.2 Å². The van der Waals surface area contributed by atoms with Crippen LogP contribution in [0.4, 0.5) is 17.1 Å². The fraction of sp³-hybridized carbons (Fsp3) is 0. The van der Waals surface area contributed by atoms with Crippen molar-refractivity contribution in [2.24, 2.45) is 4.99 Å². The standard InChI is InChI=1S/C7H3N3O5/c11-4-8-5-1-6(9(12)13)3-7(2-5)10(14)15/h1-3H. The van der Waals surface area contributed by atoms with Crippen molar-refractivity contribution in [3.05, 3.63) is 38.4 Å². The van der Waals surface area contributed by atoms with Gasteiger partial charge in [0.15, 0.2) is 0 Å². The Labute approximate surface area is 82.2 Å². The van der Waals surface area contributed by atoms with Crippen molar-refractivity contribution >= 4 is 23.1 Å². The van der Waals surface area contributed by atoms with Gasteiger partial charge in [0.1, 0.15) is 0 Å². The zero-order chi connectivity index (χ0) is 11.4. The molecule has 8 nitrogen and oxygen atoms in total. The molecule has 15 heavy (non-hydrogen) atoms. The van der Waals surface area contributed by atoms with Gasteiger partial charge in [-0.3, -0.25) is 20.2 Å². The fourth-order valence-corrected chi connectivity index (χ4v) is 0.908. The quantitative estimate of drug-likeness (QED) is 0.323. The fourth-order valence-electron chi connectivity index (χ4n) is 0.908. The van der Waals surface area contributed by atoms with Crippen LogP contribution in [-0.4, -0.2) is 15.9 Å². The average molecular weight is 209 g/mol. The number of nitro benzene ring substituents is 2. The van der Waals surface area contributed by atoms with Crippen LogP contribution in [0.2, 0.25) is 0 Å². The average Bonchev–Trinajstić information content (AvgIpc) is 2.17. The number of carbonyl (C=O) groups excluding carboxylic acids is 1. The van der Waals surface area contributed by atoms with E-state index >= 15 is 0 Å². The lowest BCUT2D eigenvalue weighted by Gasteiger charge is -1.94. The molecule has 76 valence electrons. The number of rotatable bonds is 3. The van der Waals surface area contributed by atoms with E-state index in [-0.39, 0.29) is 5.69 Å². The van der Waals surface area contributed by atoms with Gasteiger partial charge in [-0.1, -0.05) is 0 Å². The summed E-state index contributed by atoms with van der Waals surface area (Å²) in [6.07, 6.45) is 1.15. The minimum Gasteiger partial charge on any atom is -0.258 e. The highest BCUT2D eigenvalue weighted by Crippen LogP contribution is 2.27. The lowest BCUT2D eigenvalue weighted by Crippen LogP contribution is -1.92. The van der Waals surface area contributed by atoms with E-state index in [1.54, 1.807) is 0 Å². The highest BCUT2D eigenvalue weighted by Gasteiger charge is 2.15. The molecule has 8 heteroatoms. The van der Waals surface area contributed by atoms with Crippen LogP contribution in [0.25, 0.3) is 0 Å². The van der Waals surface area contributed by atoms with Gasteiger partial charge in [-0.05, 0) is 0 Å². The van der Waals surface area contributed by atoms with Crippen molar-refractivity contribution in [3.8, 4) is 0 Å². The van der Waals surface area contributed by atoms with Gasteiger partial charge in [0, 0.05) is 12.1 Å². The molecule has 0 spiro atoms. The van der Waals surface area contributed by atoms with Gasteiger partial charge in [-0.25, -0.2) is 4.79 Å². The van der Waals surface area contributed by atoms with Gasteiger partial charge < -0.3 is 0 Å². The van der Waals surface area contributed by atoms with Gasteiger partial charge in [-0.2, -0.15) is 4.99 Å². The summed E-state index contributed by atoms with van der Waals surface area (Å²) in [6, 6.07) is 2.67. The Morgan fingerprint density at radius 2 is 1.53 bits per heavy atom. The zero-order valence-corrected chi connectivity index (χ0v) is 7.11. The summed E-state index contributed by atoms with van der Waals surface area (Å²) in [6.45, 7) is 0. The first-order valence-corrected chi connectivity index (χ1v) is 3.56. The second-order valence-corrected chi connectivity index (χ2v) is 2.42. The predicted octanol–water partition coefficient (Wildman–Crippen LogP) is 1.47. The Balaban J connectivity index is 3.38. The molecule has 0 aliphatic rings. The minimum absolute atomic E-state index is 0.175. The monoisotopic (exact) mass is 209 g/mol. The molecule has 0 aliphatic heterocycles. The van der Waals surface area contributed by atoms with Crippen molar-refractivity contribution in [1.82, 2.24) is 0 Å². The highest BCUT2D eigenvalue weighted by atomic mass is 16.6. The predicted molar refractivity (Wildman–Crippen MR) is 47.5 cm³/mol. The maximum atomic E-state index is 10.4. The first kappa shape index (κ1) is 10.5. The van der Waals surface area contributed by atoms with E-state index in [9.17, 15) is 25.0 Å². The lowest BCUT2D eigenvalue weighted by atomic mass is 10.2. The highest BCUT2D eigenvalue weighted by molar-refractivity contribution is 5.59. The summed E-state index contributed by atoms with van der Waals surface area (Å²) in [4.78, 5) is 32.1. The van der Waals surface area contributed by atoms with Crippen LogP contribution in [-0.2, 0) is 4.79 Å². The molecule has 1 aromatic carbocycles. The maximum absolute atomic E-state index is 10.4. The molecule has 0 atom stereocenters. The first-order valence-electron chi connectivity index (χ1n) is 3.56. The van der Waals surface area contributed by atoms with E-state index in [1.807, 2.05) is 0 Å². The molecule has 0 N–H and O–H groups in total. The Morgan fingerprint density at radius 3 is 1.87 bits per heavy atom. The first-order chi connectivity index (χ1) is 7.04. The zero-order valence-electron chi connectivity index (χ0n) is 7.11. The maximum Gasteiger partial charge on any atom is 0.278 e. The number of isocyanates is 1. The Hall–Kier alpha value is -2.60. The molecule has 0 amide bonds. The topological polar surface area (TPSA) is 116 Å². The Kier molecular flexibility index (Phi) is 2.85. The Morgan fingerprint density at radius 1 is 1.07 bits per heavy atom. The molecule has 0 aliphatic carbocycles. The van der Waals surface area contributed by atoms with Gasteiger partial charge in [-0.15, -0.1) is 0 Å². The smallest absolute Gasteiger partial charge is 0.258 e. The number of hydrogen-bond acceptors (Lipinski definition) is 6. The van der Waals surface area contributed by atoms with E-state index in [0.717, 1.165) is 24.3 Å². The number of nitrogens with zero attached hydrogens (tertiary/aromatic N) is 3. The number of aliphatic imine (C=N–C) groups is 1. The molecule has 1 aromatic rings. The van der Waals surface area contributed by atoms with E-state index < -0.39 is 21.2 Å². The summed E-state index contributed by atoms with van der Waals surface area (Å²) in [5.74, 6) is 0. The molecule has 0 unspecified atom stereocenters. The van der Waals surface area contributed by atoms with E-state index in [0.29, 0.717) is 0 Å². The second kappa shape index (κ2) is 4.07. The molecule has 0 bridgehead atoms. The van der Waals surface area contributed by atoms with Crippen LogP contribution in [0.15, 0.2) is 23.2 Å². The Bertz CT molecular complexity index is 415. The minimum atomic E-state index is -0.809. The van der Waals surface area contributed by atoms with E-state index in [4.69, 9.17) is 0 Å². The third-order valence-electron chi connectivity index (χ3n) is 1.48. The molecule has 0 fully saturated rings. The number of benzene rings is 1. The second-order valence-electron chi connectivity index (χ2n) is 2.42. The van der Waals surface area contributed by atoms with E-state index in [2.05, 4.69) is 4.99 Å². The van der Waals surface area contributed by atoms with Gasteiger partial charge in [0.25, 0.3) is 11.4 Å². The van der Waals surface area contributed by atoms with Crippen LogP contribution in [0.3, 0.4) is 0 Å². The van der Waals surface area contributed by atoms with Crippen molar-refractivity contribution in [2.45, 2.75) is 0 Å². The van der Waals surface area contributed by atoms with Crippen LogP contribution in [0.5, 0.6) is 0 Å². The largest absolute Gasteiger partial charge is 0.278 e. The van der Waals surface area contributed by atoms with Crippen LogP contribution < -0.4 is 0 Å². The van der Waals surface area contributed by atoms with Gasteiger partial charge in [0.05, 0.1) is 21.6 Å². The summed E-state index contributed by atoms with van der Waals surface area (Å²) >= 11 is 0. The van der Waals surface area contributed by atoms with Crippen molar-refractivity contribution in [1.29, 1.82) is 0 Å². The molecule has 1 rings (SSSR count). The molecule has 0 saturated heterocycles. The molecule has 0 aromatic heterocycles. The number of hydrogen-bond donors (Lipinski definition) is 0. The number of non-ortho nitro benzene ring substituents is 2. The number of nitro groups is 2. The summed E-state index contributed by atoms with van der Waals surface area (Å²) in [5.41, 5.74) is -1.18. The summed E-state index contributed by atoms with van der Waals surface area (Å²) in [5, 5.41) is 20.7. The molecular weight excluding hydrogens is 206 g/mol. The summed E-state index contributed by atoms with van der Waals surface area (Å²) in [7, 11) is 0.